The van der Waals surface area contributed by atoms with Crippen LogP contribution in [0.25, 0.3) is 11.1 Å². The minimum Gasteiger partial charge on any atom is -0.460 e. The van der Waals surface area contributed by atoms with E-state index in [2.05, 4.69) is 63.5 Å². The summed E-state index contributed by atoms with van der Waals surface area (Å²) < 4.78 is 5.57. The summed E-state index contributed by atoms with van der Waals surface area (Å²) in [7, 11) is 0. The molecule has 0 bridgehead atoms. The number of piperazine rings is 1. The fourth-order valence-electron chi connectivity index (χ4n) is 4.27. The number of nitrogens with zero attached hydrogens (tertiary/aromatic N) is 3. The van der Waals surface area contributed by atoms with Crippen molar-refractivity contribution in [2.24, 2.45) is 5.10 Å². The predicted molar refractivity (Wildman–Crippen MR) is 108 cm³/mol. The van der Waals surface area contributed by atoms with Gasteiger partial charge < -0.3 is 4.42 Å². The summed E-state index contributed by atoms with van der Waals surface area (Å²) in [5.74, 6) is 1.73. The van der Waals surface area contributed by atoms with Crippen LogP contribution < -0.4 is 0 Å². The van der Waals surface area contributed by atoms with Gasteiger partial charge in [0.15, 0.2) is 0 Å². The molecule has 2 heterocycles. The highest BCUT2D eigenvalue weighted by molar-refractivity contribution is 5.78. The van der Waals surface area contributed by atoms with Crippen LogP contribution >= 0.6 is 0 Å². The number of furan rings is 1. The Labute approximate surface area is 159 Å². The van der Waals surface area contributed by atoms with Crippen molar-refractivity contribution in [2.75, 3.05) is 26.2 Å². The predicted octanol–water partition coefficient (Wildman–Crippen LogP) is 4.31. The highest BCUT2D eigenvalue weighted by Crippen LogP contribution is 2.46. The molecule has 1 aliphatic carbocycles. The van der Waals surface area contributed by atoms with Crippen LogP contribution in [0.1, 0.15) is 28.7 Å². The average Bonchev–Trinajstić information content (AvgIpc) is 3.28. The lowest BCUT2D eigenvalue weighted by Crippen LogP contribution is -2.45. The van der Waals surface area contributed by atoms with Gasteiger partial charge >= 0.3 is 0 Å². The largest absolute Gasteiger partial charge is 0.460 e. The lowest BCUT2D eigenvalue weighted by Gasteiger charge is -2.37. The molecule has 1 aliphatic heterocycles. The number of aryl methyl sites for hydroxylation is 1. The van der Waals surface area contributed by atoms with Crippen LogP contribution in [0.15, 0.2) is 70.2 Å². The van der Waals surface area contributed by atoms with Gasteiger partial charge in [-0.05, 0) is 41.3 Å². The lowest BCUT2D eigenvalue weighted by atomic mass is 10.0. The van der Waals surface area contributed by atoms with Crippen molar-refractivity contribution >= 4 is 6.21 Å². The van der Waals surface area contributed by atoms with E-state index in [-0.39, 0.29) is 0 Å². The summed E-state index contributed by atoms with van der Waals surface area (Å²) in [6.07, 6.45) is 1.82. The Kier molecular flexibility index (Phi) is 4.06. The van der Waals surface area contributed by atoms with E-state index in [1.165, 1.54) is 22.3 Å². The Morgan fingerprint density at radius 2 is 1.48 bits per heavy atom. The molecule has 0 unspecified atom stereocenters. The van der Waals surface area contributed by atoms with Crippen molar-refractivity contribution in [3.8, 4) is 11.1 Å². The minimum atomic E-state index is 0.358. The molecule has 0 atom stereocenters. The zero-order chi connectivity index (χ0) is 18.2. The van der Waals surface area contributed by atoms with Crippen LogP contribution in [-0.2, 0) is 0 Å². The molecule has 0 amide bonds. The van der Waals surface area contributed by atoms with Gasteiger partial charge in [-0.3, -0.25) is 9.91 Å². The number of hydrazone groups is 1. The third-order valence-corrected chi connectivity index (χ3v) is 5.57. The van der Waals surface area contributed by atoms with E-state index in [4.69, 9.17) is 4.42 Å². The van der Waals surface area contributed by atoms with Crippen LogP contribution in [0, 0.1) is 6.92 Å². The number of hydrogen-bond acceptors (Lipinski definition) is 4. The molecule has 0 N–H and O–H groups in total. The van der Waals surface area contributed by atoms with Crippen LogP contribution in [-0.4, -0.2) is 42.3 Å². The van der Waals surface area contributed by atoms with Crippen molar-refractivity contribution < 1.29 is 4.42 Å². The van der Waals surface area contributed by atoms with Gasteiger partial charge in [0, 0.05) is 26.2 Å². The average molecular weight is 357 g/mol. The van der Waals surface area contributed by atoms with E-state index in [9.17, 15) is 0 Å². The lowest BCUT2D eigenvalue weighted by molar-refractivity contribution is 0.114. The van der Waals surface area contributed by atoms with E-state index in [0.717, 1.165) is 37.7 Å². The topological polar surface area (TPSA) is 32.0 Å². The van der Waals surface area contributed by atoms with Crippen LogP contribution in [0.2, 0.25) is 0 Å². The quantitative estimate of drug-likeness (QED) is 0.655. The minimum absolute atomic E-state index is 0.358. The first-order valence-corrected chi connectivity index (χ1v) is 9.57. The van der Waals surface area contributed by atoms with Gasteiger partial charge in [-0.2, -0.15) is 5.10 Å². The first-order chi connectivity index (χ1) is 13.3. The fourth-order valence-corrected chi connectivity index (χ4v) is 4.27. The van der Waals surface area contributed by atoms with Gasteiger partial charge in [-0.1, -0.05) is 48.5 Å². The number of fused-ring (bicyclic) bond motifs is 3. The molecule has 2 aromatic carbocycles. The summed E-state index contributed by atoms with van der Waals surface area (Å²) in [5.41, 5.74) is 5.63. The highest BCUT2D eigenvalue weighted by atomic mass is 16.3. The first-order valence-electron chi connectivity index (χ1n) is 9.57. The van der Waals surface area contributed by atoms with Gasteiger partial charge in [0.25, 0.3) is 0 Å². The van der Waals surface area contributed by atoms with Crippen LogP contribution in [0.5, 0.6) is 0 Å². The molecule has 1 aromatic heterocycles. The maximum atomic E-state index is 5.57. The van der Waals surface area contributed by atoms with Crippen LogP contribution in [0.4, 0.5) is 0 Å². The summed E-state index contributed by atoms with van der Waals surface area (Å²) >= 11 is 0. The Morgan fingerprint density at radius 3 is 2.07 bits per heavy atom. The molecule has 0 spiro atoms. The molecular formula is C23H23N3O. The Balaban J connectivity index is 1.33. The molecule has 4 heteroatoms. The molecule has 136 valence electrons. The van der Waals surface area contributed by atoms with E-state index in [1.807, 2.05) is 25.3 Å². The zero-order valence-corrected chi connectivity index (χ0v) is 15.5. The van der Waals surface area contributed by atoms with Gasteiger partial charge in [0.05, 0.1) is 12.3 Å². The fraction of sp³-hybridized carbons (Fsp3) is 0.261. The summed E-state index contributed by atoms with van der Waals surface area (Å²) in [5, 5.41) is 6.74. The number of hydrogen-bond donors (Lipinski definition) is 0. The van der Waals surface area contributed by atoms with Crippen molar-refractivity contribution in [1.82, 2.24) is 9.91 Å². The third-order valence-electron chi connectivity index (χ3n) is 5.57. The molecule has 0 saturated carbocycles. The smallest absolute Gasteiger partial charge is 0.147 e. The number of benzene rings is 2. The SMILES string of the molecule is Cc1ccc(/C=N/N2CCN(C3c4ccccc4-c4ccccc43)CC2)o1. The highest BCUT2D eigenvalue weighted by Gasteiger charge is 2.33. The monoisotopic (exact) mass is 357 g/mol. The molecule has 27 heavy (non-hydrogen) atoms. The normalized spacial score (nSPS) is 17.4. The molecule has 3 aromatic rings. The van der Waals surface area contributed by atoms with E-state index in [0.29, 0.717) is 6.04 Å². The van der Waals surface area contributed by atoms with E-state index < -0.39 is 0 Å². The van der Waals surface area contributed by atoms with Crippen molar-refractivity contribution in [3.63, 3.8) is 0 Å². The van der Waals surface area contributed by atoms with E-state index >= 15 is 0 Å². The maximum absolute atomic E-state index is 5.57. The van der Waals surface area contributed by atoms with Gasteiger partial charge in [-0.15, -0.1) is 0 Å². The maximum Gasteiger partial charge on any atom is 0.147 e. The van der Waals surface area contributed by atoms with Gasteiger partial charge in [0.1, 0.15) is 11.5 Å². The Bertz CT molecular complexity index is 937. The Hall–Kier alpha value is -2.85. The molecule has 1 saturated heterocycles. The number of rotatable bonds is 3. The summed E-state index contributed by atoms with van der Waals surface area (Å²) in [6, 6.07) is 21.9. The van der Waals surface area contributed by atoms with Crippen molar-refractivity contribution in [1.29, 1.82) is 0 Å². The van der Waals surface area contributed by atoms with E-state index in [1.54, 1.807) is 0 Å². The van der Waals surface area contributed by atoms with Crippen molar-refractivity contribution in [3.05, 3.63) is 83.3 Å². The van der Waals surface area contributed by atoms with Crippen LogP contribution in [0.3, 0.4) is 0 Å². The molecule has 2 aliphatic rings. The molecule has 0 radical (unpaired) electrons. The van der Waals surface area contributed by atoms with Crippen molar-refractivity contribution in [2.45, 2.75) is 13.0 Å². The molecule has 5 rings (SSSR count). The summed E-state index contributed by atoms with van der Waals surface area (Å²) in [6.45, 7) is 5.81. The molecule has 1 fully saturated rings. The first kappa shape index (κ1) is 16.3. The second-order valence-corrected chi connectivity index (χ2v) is 7.26. The van der Waals surface area contributed by atoms with Gasteiger partial charge in [-0.25, -0.2) is 0 Å². The zero-order valence-electron chi connectivity index (χ0n) is 15.5. The second kappa shape index (κ2) is 6.71. The second-order valence-electron chi connectivity index (χ2n) is 7.26. The standard InChI is InChI=1S/C23H23N3O/c1-17-10-11-18(27-17)16-24-26-14-12-25(13-15-26)23-21-8-4-2-6-19(21)20-7-3-5-9-22(20)23/h2-11,16,23H,12-15H2,1H3/b24-16+. The summed E-state index contributed by atoms with van der Waals surface area (Å²) in [4.78, 5) is 2.59. The Morgan fingerprint density at radius 1 is 0.852 bits per heavy atom. The van der Waals surface area contributed by atoms with Gasteiger partial charge in [0.2, 0.25) is 0 Å². The molecular weight excluding hydrogens is 334 g/mol. The molecule has 4 nitrogen and oxygen atoms in total. The third kappa shape index (κ3) is 2.96.